The molecule has 0 unspecified atom stereocenters. The molecule has 18 heteroatoms. The molecule has 0 rings (SSSR count). The van der Waals surface area contributed by atoms with Gasteiger partial charge in [0.15, 0.2) is 0 Å². The molecule has 0 aromatic carbocycles. The van der Waals surface area contributed by atoms with E-state index in [0.29, 0.717) is 0 Å². The zero-order valence-corrected chi connectivity index (χ0v) is 11.9. The largest absolute Gasteiger partial charge is 2.00 e. The Hall–Kier alpha value is -2.06. The van der Waals surface area contributed by atoms with Gasteiger partial charge in [0.05, 0.1) is 20.3 Å². The van der Waals surface area contributed by atoms with E-state index in [-0.39, 0.29) is 36.5 Å². The average Bonchev–Trinajstić information content (AvgIpc) is 1.76. The number of nitrogens with zero attached hydrogens (tertiary/aromatic N) is 4. The minimum Gasteiger partial charge on any atom is -0.356 e. The second-order valence-electron chi connectivity index (χ2n) is 0.894. The van der Waals surface area contributed by atoms with E-state index in [4.69, 9.17) is 61.3 Å². The molecule has 0 aliphatic rings. The maximum atomic E-state index is 8.25. The molecule has 0 N–H and O–H groups in total. The van der Waals surface area contributed by atoms with E-state index in [1.54, 1.807) is 0 Å². The first-order chi connectivity index (χ1) is 6.93. The van der Waals surface area contributed by atoms with Crippen LogP contribution in [0.2, 0.25) is 0 Å². The van der Waals surface area contributed by atoms with E-state index in [9.17, 15) is 0 Å². The zero-order valence-electron chi connectivity index (χ0n) is 7.77. The monoisotopic (exact) mass is 367 g/mol. The van der Waals surface area contributed by atoms with Crippen LogP contribution >= 0.6 is 0 Å². The van der Waals surface area contributed by atoms with Crippen LogP contribution in [0.15, 0.2) is 0 Å². The summed E-state index contributed by atoms with van der Waals surface area (Å²) in [6.45, 7) is 0. The van der Waals surface area contributed by atoms with Crippen molar-refractivity contribution in [3.05, 3.63) is 61.3 Å². The molecule has 0 aromatic heterocycles. The summed E-state index contributed by atoms with van der Waals surface area (Å²) in [5, 5.41) is 59.0. The Morgan fingerprint density at radius 2 is 0.444 bits per heavy atom. The molecule has 0 amide bonds. The Morgan fingerprint density at radius 1 is 0.444 bits per heavy atom. The summed E-state index contributed by atoms with van der Waals surface area (Å²) < 4.78 is 0. The zero-order chi connectivity index (χ0) is 14.3. The summed E-state index contributed by atoms with van der Waals surface area (Å²) >= 11 is 0. The molecular formula is MnN4O12Zn. The molecule has 0 aliphatic carbocycles. The Labute approximate surface area is 118 Å². The second kappa shape index (κ2) is 29.4. The summed E-state index contributed by atoms with van der Waals surface area (Å²) in [4.78, 5) is 33.0. The van der Waals surface area contributed by atoms with Crippen LogP contribution in [0.3, 0.4) is 0 Å². The van der Waals surface area contributed by atoms with Crippen molar-refractivity contribution >= 4 is 0 Å². The summed E-state index contributed by atoms with van der Waals surface area (Å²) in [5.41, 5.74) is 0. The Morgan fingerprint density at radius 3 is 0.444 bits per heavy atom. The molecule has 0 saturated carbocycles. The van der Waals surface area contributed by atoms with Crippen LogP contribution < -0.4 is 0 Å². The average molecular weight is 368 g/mol. The van der Waals surface area contributed by atoms with Crippen LogP contribution in [0.4, 0.5) is 0 Å². The quantitative estimate of drug-likeness (QED) is 0.284. The fraction of sp³-hybridized carbons (Fsp3) is 0. The summed E-state index contributed by atoms with van der Waals surface area (Å²) in [6.07, 6.45) is 0. The molecule has 0 aromatic rings. The van der Waals surface area contributed by atoms with Crippen molar-refractivity contribution < 1.29 is 56.9 Å². The van der Waals surface area contributed by atoms with Gasteiger partial charge in [-0.1, -0.05) is 0 Å². The summed E-state index contributed by atoms with van der Waals surface area (Å²) in [5.74, 6) is 0. The van der Waals surface area contributed by atoms with Crippen LogP contribution in [0.25, 0.3) is 0 Å². The van der Waals surface area contributed by atoms with Crippen LogP contribution in [0, 0.1) is 61.3 Å². The van der Waals surface area contributed by atoms with Crippen LogP contribution in [0.5, 0.6) is 0 Å². The van der Waals surface area contributed by atoms with Crippen molar-refractivity contribution in [1.82, 2.24) is 0 Å². The third-order valence-corrected chi connectivity index (χ3v) is 0. The predicted octanol–water partition coefficient (Wildman–Crippen LogP) is -0.961. The molecule has 0 bridgehead atoms. The number of hydrogen-bond acceptors (Lipinski definition) is 12. The van der Waals surface area contributed by atoms with Gasteiger partial charge in [-0.2, -0.15) is 0 Å². The molecule has 1 radical (unpaired) electrons. The SMILES string of the molecule is O=[N+]([O-])[O-].O=[N+]([O-])[O-].O=[N+]([O-])[O-].O=[N+]([O-])[O-].[Mn+2].[Zn+2]. The maximum Gasteiger partial charge on any atom is 2.00 e. The van der Waals surface area contributed by atoms with E-state index >= 15 is 0 Å². The molecule has 0 spiro atoms. The van der Waals surface area contributed by atoms with Crippen molar-refractivity contribution in [2.75, 3.05) is 0 Å². The fourth-order valence-electron chi connectivity index (χ4n) is 0. The van der Waals surface area contributed by atoms with Crippen molar-refractivity contribution in [2.24, 2.45) is 0 Å². The normalized spacial score (nSPS) is 5.33. The predicted molar refractivity (Wildman–Crippen MR) is 41.4 cm³/mol. The molecular weight excluding hydrogens is 368 g/mol. The topological polar surface area (TPSA) is 265 Å². The van der Waals surface area contributed by atoms with Crippen molar-refractivity contribution in [1.29, 1.82) is 0 Å². The van der Waals surface area contributed by atoms with Crippen LogP contribution in [0.1, 0.15) is 0 Å². The minimum atomic E-state index is -1.75. The van der Waals surface area contributed by atoms with E-state index in [2.05, 4.69) is 0 Å². The first-order valence-electron chi connectivity index (χ1n) is 2.19. The molecule has 0 atom stereocenters. The third-order valence-electron chi connectivity index (χ3n) is 0. The van der Waals surface area contributed by atoms with Gasteiger partial charge in [-0.05, 0) is 0 Å². The molecule has 18 heavy (non-hydrogen) atoms. The van der Waals surface area contributed by atoms with Crippen molar-refractivity contribution in [3.63, 3.8) is 0 Å². The van der Waals surface area contributed by atoms with E-state index in [0.717, 1.165) is 0 Å². The Bertz CT molecular complexity index is 164. The molecule has 0 saturated heterocycles. The molecule has 0 aliphatic heterocycles. The van der Waals surface area contributed by atoms with Gasteiger partial charge >= 0.3 is 36.5 Å². The van der Waals surface area contributed by atoms with Crippen LogP contribution in [-0.2, 0) is 36.5 Å². The molecule has 101 valence electrons. The standard InChI is InChI=1S/Mn.4NO3.Zn/c;4*2-1(3)4;/q+2;4*-1;+2. The maximum absolute atomic E-state index is 8.25. The van der Waals surface area contributed by atoms with Crippen molar-refractivity contribution in [3.8, 4) is 0 Å². The van der Waals surface area contributed by atoms with Gasteiger partial charge in [-0.3, -0.25) is 0 Å². The van der Waals surface area contributed by atoms with Gasteiger partial charge in [0.2, 0.25) is 0 Å². The molecule has 16 nitrogen and oxygen atoms in total. The van der Waals surface area contributed by atoms with E-state index in [1.165, 1.54) is 0 Å². The second-order valence-corrected chi connectivity index (χ2v) is 0.894. The fourth-order valence-corrected chi connectivity index (χ4v) is 0. The van der Waals surface area contributed by atoms with Gasteiger partial charge in [-0.25, -0.2) is 0 Å². The smallest absolute Gasteiger partial charge is 0.356 e. The van der Waals surface area contributed by atoms with E-state index < -0.39 is 20.3 Å². The molecule has 0 fully saturated rings. The van der Waals surface area contributed by atoms with E-state index in [1.807, 2.05) is 0 Å². The summed E-state index contributed by atoms with van der Waals surface area (Å²) in [6, 6.07) is 0. The minimum absolute atomic E-state index is 0. The number of hydrogen-bond donors (Lipinski definition) is 0. The van der Waals surface area contributed by atoms with Crippen molar-refractivity contribution in [2.45, 2.75) is 0 Å². The Balaban J connectivity index is -0.0000000257. The summed E-state index contributed by atoms with van der Waals surface area (Å²) in [7, 11) is 0. The van der Waals surface area contributed by atoms with Gasteiger partial charge in [-0.15, -0.1) is 0 Å². The van der Waals surface area contributed by atoms with Crippen LogP contribution in [-0.4, -0.2) is 20.3 Å². The molecule has 0 heterocycles. The van der Waals surface area contributed by atoms with Gasteiger partial charge in [0.25, 0.3) is 0 Å². The first kappa shape index (κ1) is 36.0. The first-order valence-corrected chi connectivity index (χ1v) is 2.19. The van der Waals surface area contributed by atoms with Gasteiger partial charge < -0.3 is 61.3 Å². The van der Waals surface area contributed by atoms with Gasteiger partial charge in [0.1, 0.15) is 0 Å². The number of rotatable bonds is 0. The third kappa shape index (κ3) is 552. The van der Waals surface area contributed by atoms with Gasteiger partial charge in [0, 0.05) is 0 Å². The Kier molecular flexibility index (Phi) is 58.8.